The molecule has 0 unspecified atom stereocenters. The number of nitrogens with zero attached hydrogens (tertiary/aromatic N) is 1. The van der Waals surface area contributed by atoms with Crippen LogP contribution in [0.2, 0.25) is 0 Å². The van der Waals surface area contributed by atoms with Crippen LogP contribution >= 0.6 is 0 Å². The predicted molar refractivity (Wildman–Crippen MR) is 54.5 cm³/mol. The molecule has 0 saturated carbocycles. The van der Waals surface area contributed by atoms with Gasteiger partial charge in [-0.05, 0) is 32.9 Å². The summed E-state index contributed by atoms with van der Waals surface area (Å²) in [5.74, 6) is 0. The van der Waals surface area contributed by atoms with E-state index in [1.54, 1.807) is 7.05 Å². The third-order valence-corrected chi connectivity index (χ3v) is 1.56. The maximum atomic E-state index is 5.36. The second-order valence-corrected chi connectivity index (χ2v) is 2.76. The molecule has 0 aromatic carbocycles. The van der Waals surface area contributed by atoms with Gasteiger partial charge in [-0.2, -0.15) is 0 Å². The Morgan fingerprint density at radius 2 is 2.17 bits per heavy atom. The van der Waals surface area contributed by atoms with Crippen LogP contribution in [0.5, 0.6) is 0 Å². The smallest absolute Gasteiger partial charge is 0.0330 e. The highest BCUT2D eigenvalue weighted by Gasteiger charge is 1.88. The van der Waals surface area contributed by atoms with Gasteiger partial charge in [0.25, 0.3) is 0 Å². The van der Waals surface area contributed by atoms with Crippen molar-refractivity contribution >= 4 is 5.71 Å². The molecule has 12 heavy (non-hydrogen) atoms. The normalized spacial score (nSPS) is 13.3. The standard InChI is InChI=1S/C9H19N3/c1-8(11-3)7-9(2)12-6-4-5-10/h7,12H,4-6,10H2,1-3H3/b9-7-,11-8-. The summed E-state index contributed by atoms with van der Waals surface area (Å²) in [5, 5.41) is 3.25. The molecule has 3 nitrogen and oxygen atoms in total. The molecule has 0 aliphatic rings. The highest BCUT2D eigenvalue weighted by atomic mass is 14.9. The maximum absolute atomic E-state index is 5.36. The molecule has 0 bridgehead atoms. The highest BCUT2D eigenvalue weighted by Crippen LogP contribution is 1.88. The number of nitrogens with one attached hydrogen (secondary N) is 1. The lowest BCUT2D eigenvalue weighted by atomic mass is 10.3. The minimum atomic E-state index is 0.737. The van der Waals surface area contributed by atoms with E-state index in [9.17, 15) is 0 Å². The Morgan fingerprint density at radius 1 is 1.50 bits per heavy atom. The van der Waals surface area contributed by atoms with E-state index < -0.39 is 0 Å². The van der Waals surface area contributed by atoms with Crippen molar-refractivity contribution in [3.63, 3.8) is 0 Å². The Morgan fingerprint density at radius 3 is 2.67 bits per heavy atom. The lowest BCUT2D eigenvalue weighted by Crippen LogP contribution is -2.16. The van der Waals surface area contributed by atoms with Crippen molar-refractivity contribution in [1.82, 2.24) is 5.32 Å². The molecule has 0 radical (unpaired) electrons. The molecule has 0 atom stereocenters. The first-order valence-electron chi connectivity index (χ1n) is 4.26. The Hall–Kier alpha value is -0.830. The first kappa shape index (κ1) is 11.2. The van der Waals surface area contributed by atoms with Crippen LogP contribution in [0.1, 0.15) is 20.3 Å². The topological polar surface area (TPSA) is 50.4 Å². The molecule has 0 heterocycles. The van der Waals surface area contributed by atoms with Crippen molar-refractivity contribution in [2.24, 2.45) is 10.7 Å². The maximum Gasteiger partial charge on any atom is 0.0330 e. The molecule has 0 saturated heterocycles. The van der Waals surface area contributed by atoms with Crippen LogP contribution in [0.3, 0.4) is 0 Å². The molecule has 0 rings (SSSR count). The van der Waals surface area contributed by atoms with Gasteiger partial charge in [0.2, 0.25) is 0 Å². The summed E-state index contributed by atoms with van der Waals surface area (Å²) in [5.41, 5.74) is 7.54. The van der Waals surface area contributed by atoms with Crippen LogP contribution in [-0.4, -0.2) is 25.8 Å². The zero-order valence-corrected chi connectivity index (χ0v) is 8.22. The molecular weight excluding hydrogens is 150 g/mol. The lowest BCUT2D eigenvalue weighted by molar-refractivity contribution is 0.733. The molecular formula is C9H19N3. The number of rotatable bonds is 5. The first-order valence-corrected chi connectivity index (χ1v) is 4.26. The van der Waals surface area contributed by atoms with Crippen LogP contribution < -0.4 is 11.1 Å². The van der Waals surface area contributed by atoms with Crippen LogP contribution in [-0.2, 0) is 0 Å². The van der Waals surface area contributed by atoms with Gasteiger partial charge in [-0.3, -0.25) is 4.99 Å². The second kappa shape index (κ2) is 6.85. The predicted octanol–water partition coefficient (Wildman–Crippen LogP) is 0.919. The van der Waals surface area contributed by atoms with E-state index in [-0.39, 0.29) is 0 Å². The number of aliphatic imine (C=N–C) groups is 1. The summed E-state index contributed by atoms with van der Waals surface area (Å²) in [6.07, 6.45) is 3.03. The molecule has 3 heteroatoms. The third-order valence-electron chi connectivity index (χ3n) is 1.56. The highest BCUT2D eigenvalue weighted by molar-refractivity contribution is 5.93. The fourth-order valence-corrected chi connectivity index (χ4v) is 0.817. The SMILES string of the molecule is C/N=C(C)\C=C(\C)NCCCN. The van der Waals surface area contributed by atoms with Gasteiger partial charge in [-0.15, -0.1) is 0 Å². The Labute approximate surface area is 74.8 Å². The number of nitrogens with two attached hydrogens (primary N) is 1. The van der Waals surface area contributed by atoms with Gasteiger partial charge < -0.3 is 11.1 Å². The Kier molecular flexibility index (Phi) is 6.38. The molecule has 0 aromatic rings. The van der Waals surface area contributed by atoms with Gasteiger partial charge in [0.15, 0.2) is 0 Å². The fourth-order valence-electron chi connectivity index (χ4n) is 0.817. The van der Waals surface area contributed by atoms with E-state index >= 15 is 0 Å². The average Bonchev–Trinajstić information content (AvgIpc) is 2.05. The molecule has 70 valence electrons. The van der Waals surface area contributed by atoms with Gasteiger partial charge in [0.1, 0.15) is 0 Å². The number of hydrogen-bond acceptors (Lipinski definition) is 3. The zero-order chi connectivity index (χ0) is 9.40. The molecule has 0 amide bonds. The van der Waals surface area contributed by atoms with E-state index in [2.05, 4.69) is 10.3 Å². The lowest BCUT2D eigenvalue weighted by Gasteiger charge is -2.04. The minimum Gasteiger partial charge on any atom is -0.388 e. The van der Waals surface area contributed by atoms with Crippen molar-refractivity contribution in [3.8, 4) is 0 Å². The fraction of sp³-hybridized carbons (Fsp3) is 0.667. The molecule has 0 aliphatic carbocycles. The summed E-state index contributed by atoms with van der Waals surface area (Å²) in [4.78, 5) is 4.03. The largest absolute Gasteiger partial charge is 0.388 e. The van der Waals surface area contributed by atoms with Crippen LogP contribution in [0.15, 0.2) is 16.8 Å². The minimum absolute atomic E-state index is 0.737. The first-order chi connectivity index (χ1) is 5.70. The van der Waals surface area contributed by atoms with E-state index in [1.807, 2.05) is 19.9 Å². The van der Waals surface area contributed by atoms with E-state index in [0.717, 1.165) is 30.9 Å². The van der Waals surface area contributed by atoms with Gasteiger partial charge in [-0.25, -0.2) is 0 Å². The Balaban J connectivity index is 3.70. The number of hydrogen-bond donors (Lipinski definition) is 2. The van der Waals surface area contributed by atoms with E-state index in [0.29, 0.717) is 0 Å². The molecule has 0 aromatic heterocycles. The van der Waals surface area contributed by atoms with Crippen LogP contribution in [0.25, 0.3) is 0 Å². The Bertz CT molecular complexity index is 171. The van der Waals surface area contributed by atoms with Gasteiger partial charge >= 0.3 is 0 Å². The zero-order valence-electron chi connectivity index (χ0n) is 8.22. The van der Waals surface area contributed by atoms with Gasteiger partial charge in [0.05, 0.1) is 0 Å². The summed E-state index contributed by atoms with van der Waals surface area (Å²) in [7, 11) is 1.79. The molecule has 0 spiro atoms. The summed E-state index contributed by atoms with van der Waals surface area (Å²) in [6.45, 7) is 5.69. The number of allylic oxidation sites excluding steroid dienone is 2. The van der Waals surface area contributed by atoms with Crippen molar-refractivity contribution in [2.75, 3.05) is 20.1 Å². The van der Waals surface area contributed by atoms with E-state index in [1.165, 1.54) is 0 Å². The van der Waals surface area contributed by atoms with Crippen molar-refractivity contribution in [1.29, 1.82) is 0 Å². The molecule has 3 N–H and O–H groups in total. The second-order valence-electron chi connectivity index (χ2n) is 2.76. The summed E-state index contributed by atoms with van der Waals surface area (Å²) in [6, 6.07) is 0. The molecule has 0 fully saturated rings. The summed E-state index contributed by atoms with van der Waals surface area (Å²) >= 11 is 0. The van der Waals surface area contributed by atoms with Crippen molar-refractivity contribution < 1.29 is 0 Å². The van der Waals surface area contributed by atoms with Crippen LogP contribution in [0.4, 0.5) is 0 Å². The monoisotopic (exact) mass is 169 g/mol. The van der Waals surface area contributed by atoms with Crippen LogP contribution in [0, 0.1) is 0 Å². The summed E-state index contributed by atoms with van der Waals surface area (Å²) < 4.78 is 0. The quantitative estimate of drug-likeness (QED) is 0.475. The van der Waals surface area contributed by atoms with Crippen molar-refractivity contribution in [2.45, 2.75) is 20.3 Å². The van der Waals surface area contributed by atoms with E-state index in [4.69, 9.17) is 5.73 Å². The van der Waals surface area contributed by atoms with Crippen molar-refractivity contribution in [3.05, 3.63) is 11.8 Å². The average molecular weight is 169 g/mol. The molecule has 0 aliphatic heterocycles. The third kappa shape index (κ3) is 5.92. The van der Waals surface area contributed by atoms with Gasteiger partial charge in [0, 0.05) is 25.0 Å². The van der Waals surface area contributed by atoms with Gasteiger partial charge in [-0.1, -0.05) is 0 Å².